The fourth-order valence-electron chi connectivity index (χ4n) is 5.45. The Morgan fingerprint density at radius 3 is 2.14 bits per heavy atom. The highest BCUT2D eigenvalue weighted by molar-refractivity contribution is 9.10. The molecule has 0 bridgehead atoms. The van der Waals surface area contributed by atoms with Crippen molar-refractivity contribution in [1.29, 1.82) is 0 Å². The third-order valence-corrected chi connectivity index (χ3v) is 8.02. The van der Waals surface area contributed by atoms with Gasteiger partial charge in [-0.2, -0.15) is 4.58 Å². The topological polar surface area (TPSA) is 3.01 Å². The van der Waals surface area contributed by atoms with Crippen LogP contribution < -0.4 is 0 Å². The average Bonchev–Trinajstić information content (AvgIpc) is 3.01. The summed E-state index contributed by atoms with van der Waals surface area (Å²) in [5.74, 6) is 0.477. The third-order valence-electron chi connectivity index (χ3n) is 7.03. The van der Waals surface area contributed by atoms with Crippen LogP contribution in [0.4, 0.5) is 5.69 Å². The van der Waals surface area contributed by atoms with E-state index in [0.29, 0.717) is 5.92 Å². The molecule has 1 aliphatic carbocycles. The molecule has 0 radical (unpaired) electrons. The van der Waals surface area contributed by atoms with Crippen molar-refractivity contribution in [2.45, 2.75) is 64.7 Å². The zero-order valence-corrected chi connectivity index (χ0v) is 21.4. The maximum Gasteiger partial charge on any atom is 0.209 e. The lowest BCUT2D eigenvalue weighted by atomic mass is 9.76. The van der Waals surface area contributed by atoms with Crippen LogP contribution in [-0.2, 0) is 10.8 Å². The Labute approximate surface area is 192 Å². The second kappa shape index (κ2) is 7.20. The number of hydrogen-bond donors (Lipinski definition) is 0. The van der Waals surface area contributed by atoms with Gasteiger partial charge >= 0.3 is 0 Å². The maximum atomic E-state index is 3.69. The summed E-state index contributed by atoms with van der Waals surface area (Å²) < 4.78 is 4.83. The number of rotatable bonds is 3. The van der Waals surface area contributed by atoms with Gasteiger partial charge in [0.15, 0.2) is 5.71 Å². The first-order valence-electron chi connectivity index (χ1n) is 10.6. The highest BCUT2D eigenvalue weighted by Crippen LogP contribution is 2.53. The number of halogens is 2. The van der Waals surface area contributed by atoms with E-state index in [1.54, 1.807) is 5.57 Å². The van der Waals surface area contributed by atoms with E-state index in [-0.39, 0.29) is 10.8 Å². The van der Waals surface area contributed by atoms with Gasteiger partial charge in [-0.15, -0.1) is 0 Å². The van der Waals surface area contributed by atoms with Gasteiger partial charge in [0.25, 0.3) is 0 Å². The second-order valence-corrected chi connectivity index (χ2v) is 11.2. The maximum absolute atomic E-state index is 3.69. The van der Waals surface area contributed by atoms with Gasteiger partial charge in [-0.05, 0) is 68.2 Å². The molecule has 0 fully saturated rings. The van der Waals surface area contributed by atoms with Crippen molar-refractivity contribution in [1.82, 2.24) is 0 Å². The Hall–Kier alpha value is -1.19. The van der Waals surface area contributed by atoms with Crippen LogP contribution in [0.15, 0.2) is 57.0 Å². The normalized spacial score (nSPS) is 22.9. The predicted octanol–water partition coefficient (Wildman–Crippen LogP) is 8.02. The SMILES string of the molecule is CCC1/C(=C\C2=[N+](CC)c3ccc(Br)cc3C2(C)C)C(C)(C)c2cc(Br)ccc21. The van der Waals surface area contributed by atoms with E-state index >= 15 is 0 Å². The van der Waals surface area contributed by atoms with Crippen molar-refractivity contribution >= 4 is 43.3 Å². The molecular weight excluding hydrogens is 486 g/mol. The Morgan fingerprint density at radius 2 is 1.52 bits per heavy atom. The van der Waals surface area contributed by atoms with E-state index in [4.69, 9.17) is 0 Å². The summed E-state index contributed by atoms with van der Waals surface area (Å²) >= 11 is 7.38. The van der Waals surface area contributed by atoms with E-state index in [0.717, 1.165) is 17.4 Å². The molecule has 3 heteroatoms. The number of allylic oxidation sites excluding steroid dienone is 2. The lowest BCUT2D eigenvalue weighted by molar-refractivity contribution is -0.433. The molecule has 2 aliphatic rings. The summed E-state index contributed by atoms with van der Waals surface area (Å²) in [6.45, 7) is 15.1. The Kier molecular flexibility index (Phi) is 5.23. The molecule has 0 amide bonds. The molecule has 152 valence electrons. The lowest BCUT2D eigenvalue weighted by Gasteiger charge is -2.25. The minimum atomic E-state index is -0.0220. The molecule has 2 aromatic carbocycles. The summed E-state index contributed by atoms with van der Waals surface area (Å²) in [7, 11) is 0. The van der Waals surface area contributed by atoms with Crippen LogP contribution in [-0.4, -0.2) is 16.8 Å². The van der Waals surface area contributed by atoms with Crippen LogP contribution >= 0.6 is 31.9 Å². The highest BCUT2D eigenvalue weighted by Gasteiger charge is 2.47. The largest absolute Gasteiger partial charge is 0.209 e. The summed E-state index contributed by atoms with van der Waals surface area (Å²) in [5, 5.41) is 0. The molecule has 2 aromatic rings. The van der Waals surface area contributed by atoms with Crippen molar-refractivity contribution in [3.8, 4) is 0 Å². The van der Waals surface area contributed by atoms with E-state index in [1.165, 1.54) is 32.6 Å². The summed E-state index contributed by atoms with van der Waals surface area (Å²) in [6.07, 6.45) is 3.67. The van der Waals surface area contributed by atoms with Gasteiger partial charge in [0.1, 0.15) is 6.54 Å². The smallest absolute Gasteiger partial charge is 0.195 e. The molecular formula is C26H30Br2N+. The number of hydrogen-bond acceptors (Lipinski definition) is 0. The van der Waals surface area contributed by atoms with Crippen molar-refractivity contribution in [3.63, 3.8) is 0 Å². The molecule has 1 nitrogen and oxygen atoms in total. The first-order chi connectivity index (χ1) is 13.6. The molecule has 0 saturated carbocycles. The van der Waals surface area contributed by atoms with Crippen LogP contribution in [0.3, 0.4) is 0 Å². The standard InChI is InChI=1S/C26H30Br2N/c1-7-18-19-11-9-16(27)13-20(19)25(3,4)21(18)15-24-26(5,6)22-14-17(28)10-12-23(22)29(24)8-2/h9-15,18H,7-8H2,1-6H3/q+1/b21-15+. The summed E-state index contributed by atoms with van der Waals surface area (Å²) in [4.78, 5) is 0. The predicted molar refractivity (Wildman–Crippen MR) is 131 cm³/mol. The average molecular weight is 516 g/mol. The van der Waals surface area contributed by atoms with Gasteiger partial charge in [-0.25, -0.2) is 0 Å². The van der Waals surface area contributed by atoms with E-state index in [9.17, 15) is 0 Å². The van der Waals surface area contributed by atoms with Gasteiger partial charge in [0.2, 0.25) is 5.69 Å². The Bertz CT molecular complexity index is 1060. The quantitative estimate of drug-likeness (QED) is 0.364. The number of fused-ring (bicyclic) bond motifs is 2. The molecule has 0 N–H and O–H groups in total. The van der Waals surface area contributed by atoms with Crippen LogP contribution in [0.25, 0.3) is 0 Å². The summed E-state index contributed by atoms with van der Waals surface area (Å²) in [6, 6.07) is 13.6. The molecule has 1 atom stereocenters. The lowest BCUT2D eigenvalue weighted by Crippen LogP contribution is -2.29. The zero-order chi connectivity index (χ0) is 21.1. The summed E-state index contributed by atoms with van der Waals surface area (Å²) in [5.41, 5.74) is 8.67. The number of nitrogens with zero attached hydrogens (tertiary/aromatic N) is 1. The minimum absolute atomic E-state index is 0.0220. The fourth-order valence-corrected chi connectivity index (χ4v) is 6.17. The Balaban J connectivity index is 1.94. The monoisotopic (exact) mass is 514 g/mol. The highest BCUT2D eigenvalue weighted by atomic mass is 79.9. The molecule has 0 aromatic heterocycles. The minimum Gasteiger partial charge on any atom is -0.195 e. The second-order valence-electron chi connectivity index (χ2n) is 9.33. The molecule has 1 heterocycles. The van der Waals surface area contributed by atoms with Gasteiger partial charge in [-0.1, -0.05) is 58.7 Å². The number of benzene rings is 2. The van der Waals surface area contributed by atoms with E-state index < -0.39 is 0 Å². The molecule has 29 heavy (non-hydrogen) atoms. The molecule has 4 rings (SSSR count). The van der Waals surface area contributed by atoms with Gasteiger partial charge < -0.3 is 0 Å². The van der Waals surface area contributed by atoms with Crippen LogP contribution in [0.5, 0.6) is 0 Å². The first kappa shape index (κ1) is 21.1. The zero-order valence-electron chi connectivity index (χ0n) is 18.2. The first-order valence-corrected chi connectivity index (χ1v) is 12.2. The van der Waals surface area contributed by atoms with Crippen LogP contribution in [0.2, 0.25) is 0 Å². The van der Waals surface area contributed by atoms with Crippen molar-refractivity contribution in [2.75, 3.05) is 6.54 Å². The van der Waals surface area contributed by atoms with Crippen LogP contribution in [0.1, 0.15) is 70.6 Å². The van der Waals surface area contributed by atoms with E-state index in [2.05, 4.69) is 120 Å². The van der Waals surface area contributed by atoms with E-state index in [1.807, 2.05) is 0 Å². The fraction of sp³-hybridized carbons (Fsp3) is 0.423. The van der Waals surface area contributed by atoms with Crippen molar-refractivity contribution in [3.05, 3.63) is 73.7 Å². The van der Waals surface area contributed by atoms with Crippen LogP contribution in [0, 0.1) is 0 Å². The van der Waals surface area contributed by atoms with Gasteiger partial charge in [-0.3, -0.25) is 0 Å². The molecule has 1 aliphatic heterocycles. The van der Waals surface area contributed by atoms with Crippen molar-refractivity contribution in [2.24, 2.45) is 0 Å². The Morgan fingerprint density at radius 1 is 0.897 bits per heavy atom. The van der Waals surface area contributed by atoms with Crippen molar-refractivity contribution < 1.29 is 4.58 Å². The molecule has 0 spiro atoms. The molecule has 1 unspecified atom stereocenters. The van der Waals surface area contributed by atoms with Gasteiger partial charge in [0, 0.05) is 38.0 Å². The third kappa shape index (κ3) is 3.11. The molecule has 0 saturated heterocycles. The van der Waals surface area contributed by atoms with Gasteiger partial charge in [0.05, 0.1) is 5.41 Å².